The van der Waals surface area contributed by atoms with Crippen LogP contribution < -0.4 is 19.1 Å². The van der Waals surface area contributed by atoms with Crippen LogP contribution >= 0.6 is 0 Å². The topological polar surface area (TPSA) is 105 Å². The number of nitrogens with one attached hydrogen (secondary N) is 1. The summed E-state index contributed by atoms with van der Waals surface area (Å²) in [5, 5.41) is 3.05. The van der Waals surface area contributed by atoms with Crippen LogP contribution in [0.25, 0.3) is 0 Å². The number of carbonyl (C=O) groups is 2. The first-order valence-electron chi connectivity index (χ1n) is 12.6. The van der Waals surface area contributed by atoms with Crippen molar-refractivity contribution in [3.05, 3.63) is 54.1 Å². The minimum atomic E-state index is -3.85. The predicted octanol–water partition coefficient (Wildman–Crippen LogP) is 3.34. The molecule has 1 saturated carbocycles. The number of hydrogen-bond acceptors (Lipinski definition) is 6. The van der Waals surface area contributed by atoms with E-state index in [1.807, 2.05) is 6.07 Å². The summed E-state index contributed by atoms with van der Waals surface area (Å²) in [6.45, 7) is 3.44. The first-order chi connectivity index (χ1) is 17.6. The number of anilines is 1. The minimum Gasteiger partial charge on any atom is -0.497 e. The van der Waals surface area contributed by atoms with Crippen molar-refractivity contribution in [3.8, 4) is 11.5 Å². The molecule has 3 rings (SSSR count). The number of para-hydroxylation sites is 2. The monoisotopic (exact) mass is 531 g/mol. The van der Waals surface area contributed by atoms with E-state index in [-0.39, 0.29) is 24.2 Å². The van der Waals surface area contributed by atoms with Gasteiger partial charge in [-0.2, -0.15) is 0 Å². The number of ether oxygens (including phenoxy) is 2. The molecule has 0 aliphatic heterocycles. The smallest absolute Gasteiger partial charge is 0.244 e. The number of carbonyl (C=O) groups excluding carboxylic acids is 2. The Hall–Kier alpha value is -3.27. The molecule has 2 amide bonds. The SMILES string of the molecule is CCOc1ccccc1N(CC(=O)N(Cc1cccc(OC)c1)[C@H](C)C(=O)NC1CCCC1)S(C)(=O)=O. The molecule has 2 aromatic carbocycles. The summed E-state index contributed by atoms with van der Waals surface area (Å²) in [4.78, 5) is 28.3. The Kier molecular flexibility index (Phi) is 9.79. The van der Waals surface area contributed by atoms with Crippen molar-refractivity contribution in [1.29, 1.82) is 0 Å². The molecule has 1 aliphatic carbocycles. The van der Waals surface area contributed by atoms with Gasteiger partial charge in [-0.05, 0) is 56.5 Å². The second-order valence-corrected chi connectivity index (χ2v) is 11.1. The summed E-state index contributed by atoms with van der Waals surface area (Å²) >= 11 is 0. The van der Waals surface area contributed by atoms with Gasteiger partial charge in [-0.3, -0.25) is 13.9 Å². The van der Waals surface area contributed by atoms with Gasteiger partial charge in [-0.25, -0.2) is 8.42 Å². The molecule has 0 heterocycles. The van der Waals surface area contributed by atoms with Crippen LogP contribution in [0.5, 0.6) is 11.5 Å². The number of hydrogen-bond donors (Lipinski definition) is 1. The van der Waals surface area contributed by atoms with Crippen LogP contribution in [0, 0.1) is 0 Å². The maximum Gasteiger partial charge on any atom is 0.244 e. The standard InChI is InChI=1S/C27H37N3O6S/c1-5-36-25-16-9-8-15-24(25)30(37(4,33)34)19-26(31)29(18-21-11-10-14-23(17-21)35-3)20(2)27(32)28-22-12-6-7-13-22/h8-11,14-17,20,22H,5-7,12-13,18-19H2,1-4H3,(H,28,32)/t20-/m1/s1. The zero-order chi connectivity index (χ0) is 27.0. The summed E-state index contributed by atoms with van der Waals surface area (Å²) in [6.07, 6.45) is 5.00. The summed E-state index contributed by atoms with van der Waals surface area (Å²) in [5.41, 5.74) is 1.03. The molecule has 0 spiro atoms. The van der Waals surface area contributed by atoms with Crippen molar-refractivity contribution in [1.82, 2.24) is 10.2 Å². The second-order valence-electron chi connectivity index (χ2n) is 9.21. The van der Waals surface area contributed by atoms with Crippen LogP contribution in [0.15, 0.2) is 48.5 Å². The summed E-state index contributed by atoms with van der Waals surface area (Å²) < 4.78 is 37.6. The number of benzene rings is 2. The van der Waals surface area contributed by atoms with Crippen molar-refractivity contribution >= 4 is 27.5 Å². The third kappa shape index (κ3) is 7.61. The lowest BCUT2D eigenvalue weighted by Gasteiger charge is -2.32. The van der Waals surface area contributed by atoms with Gasteiger partial charge in [0.25, 0.3) is 0 Å². The molecular weight excluding hydrogens is 494 g/mol. The van der Waals surface area contributed by atoms with Gasteiger partial charge in [0.2, 0.25) is 21.8 Å². The molecule has 202 valence electrons. The van der Waals surface area contributed by atoms with Gasteiger partial charge in [-0.1, -0.05) is 37.1 Å². The van der Waals surface area contributed by atoms with E-state index in [1.54, 1.807) is 63.4 Å². The summed E-state index contributed by atoms with van der Waals surface area (Å²) in [7, 11) is -2.30. The van der Waals surface area contributed by atoms with E-state index < -0.39 is 28.5 Å². The number of methoxy groups -OCH3 is 1. The van der Waals surface area contributed by atoms with Crippen LogP contribution in [0.3, 0.4) is 0 Å². The molecule has 1 N–H and O–H groups in total. The highest BCUT2D eigenvalue weighted by molar-refractivity contribution is 7.92. The molecule has 1 fully saturated rings. The summed E-state index contributed by atoms with van der Waals surface area (Å²) in [5.74, 6) is 0.211. The van der Waals surface area contributed by atoms with Gasteiger partial charge in [-0.15, -0.1) is 0 Å². The molecule has 1 aliphatic rings. The quantitative estimate of drug-likeness (QED) is 0.451. The summed E-state index contributed by atoms with van der Waals surface area (Å²) in [6, 6.07) is 13.2. The van der Waals surface area contributed by atoms with E-state index >= 15 is 0 Å². The van der Waals surface area contributed by atoms with Gasteiger partial charge >= 0.3 is 0 Å². The zero-order valence-electron chi connectivity index (χ0n) is 22.0. The third-order valence-corrected chi connectivity index (χ3v) is 7.60. The first kappa shape index (κ1) is 28.3. The Bertz CT molecular complexity index is 1180. The van der Waals surface area contributed by atoms with E-state index in [0.717, 1.165) is 41.8 Å². The lowest BCUT2D eigenvalue weighted by Crippen LogP contribution is -2.52. The lowest BCUT2D eigenvalue weighted by atomic mass is 10.1. The van der Waals surface area contributed by atoms with Gasteiger partial charge < -0.3 is 19.7 Å². The highest BCUT2D eigenvalue weighted by atomic mass is 32.2. The number of amides is 2. The number of nitrogens with zero attached hydrogens (tertiary/aromatic N) is 2. The fourth-order valence-corrected chi connectivity index (χ4v) is 5.33. The van der Waals surface area contributed by atoms with Crippen LogP contribution in [-0.2, 0) is 26.2 Å². The van der Waals surface area contributed by atoms with E-state index in [1.165, 1.54) is 4.90 Å². The van der Waals surface area contributed by atoms with Gasteiger partial charge in [0, 0.05) is 12.6 Å². The van der Waals surface area contributed by atoms with Crippen molar-refractivity contribution in [2.75, 3.05) is 30.8 Å². The molecule has 0 saturated heterocycles. The molecule has 0 bridgehead atoms. The molecule has 10 heteroatoms. The van der Waals surface area contributed by atoms with Crippen molar-refractivity contribution in [2.45, 2.75) is 58.2 Å². The first-order valence-corrected chi connectivity index (χ1v) is 14.4. The highest BCUT2D eigenvalue weighted by Crippen LogP contribution is 2.30. The minimum absolute atomic E-state index is 0.0920. The number of sulfonamides is 1. The predicted molar refractivity (Wildman–Crippen MR) is 143 cm³/mol. The van der Waals surface area contributed by atoms with Crippen LogP contribution in [0.2, 0.25) is 0 Å². The van der Waals surface area contributed by atoms with Crippen LogP contribution in [0.1, 0.15) is 45.1 Å². The maximum absolute atomic E-state index is 13.8. The van der Waals surface area contributed by atoms with Crippen molar-refractivity contribution in [2.24, 2.45) is 0 Å². The fraction of sp³-hybridized carbons (Fsp3) is 0.481. The van der Waals surface area contributed by atoms with E-state index in [4.69, 9.17) is 9.47 Å². The Labute approximate surface area is 219 Å². The number of rotatable bonds is 12. The molecule has 2 aromatic rings. The lowest BCUT2D eigenvalue weighted by molar-refractivity contribution is -0.139. The average Bonchev–Trinajstić information content (AvgIpc) is 3.38. The fourth-order valence-electron chi connectivity index (χ4n) is 4.48. The highest BCUT2D eigenvalue weighted by Gasteiger charge is 2.32. The third-order valence-electron chi connectivity index (χ3n) is 6.47. The molecule has 37 heavy (non-hydrogen) atoms. The normalized spacial score (nSPS) is 14.6. The van der Waals surface area contributed by atoms with E-state index in [0.29, 0.717) is 18.1 Å². The van der Waals surface area contributed by atoms with Gasteiger partial charge in [0.1, 0.15) is 24.1 Å². The second kappa shape index (κ2) is 12.8. The molecule has 0 aromatic heterocycles. The molecule has 0 unspecified atom stereocenters. The maximum atomic E-state index is 13.8. The van der Waals surface area contributed by atoms with Gasteiger partial charge in [0.15, 0.2) is 0 Å². The molecule has 9 nitrogen and oxygen atoms in total. The molecule has 0 radical (unpaired) electrons. The van der Waals surface area contributed by atoms with Gasteiger partial charge in [0.05, 0.1) is 25.7 Å². The van der Waals surface area contributed by atoms with Crippen molar-refractivity contribution in [3.63, 3.8) is 0 Å². The van der Waals surface area contributed by atoms with E-state index in [9.17, 15) is 18.0 Å². The Morgan fingerprint density at radius 3 is 2.46 bits per heavy atom. The van der Waals surface area contributed by atoms with Crippen molar-refractivity contribution < 1.29 is 27.5 Å². The largest absolute Gasteiger partial charge is 0.497 e. The molecule has 1 atom stereocenters. The zero-order valence-corrected chi connectivity index (χ0v) is 22.8. The average molecular weight is 532 g/mol. The Morgan fingerprint density at radius 2 is 1.81 bits per heavy atom. The van der Waals surface area contributed by atoms with Crippen LogP contribution in [-0.4, -0.2) is 63.7 Å². The molecular formula is C27H37N3O6S. The Morgan fingerprint density at radius 1 is 1.11 bits per heavy atom. The van der Waals surface area contributed by atoms with Crippen LogP contribution in [0.4, 0.5) is 5.69 Å². The Balaban J connectivity index is 1.92. The van der Waals surface area contributed by atoms with E-state index in [2.05, 4.69) is 5.32 Å².